The first kappa shape index (κ1) is 16.8. The summed E-state index contributed by atoms with van der Waals surface area (Å²) < 4.78 is 1.87. The Morgan fingerprint density at radius 3 is 2.58 bits per heavy atom. The second kappa shape index (κ2) is 6.27. The van der Waals surface area contributed by atoms with Gasteiger partial charge < -0.3 is 10.4 Å². The van der Waals surface area contributed by atoms with Crippen molar-refractivity contribution in [2.24, 2.45) is 0 Å². The van der Waals surface area contributed by atoms with Gasteiger partial charge in [-0.15, -0.1) is 0 Å². The molecule has 0 aliphatic heterocycles. The van der Waals surface area contributed by atoms with Gasteiger partial charge in [-0.2, -0.15) is 5.10 Å². The summed E-state index contributed by atoms with van der Waals surface area (Å²) in [7, 11) is 0. The number of amides is 1. The number of carboxylic acids is 1. The minimum atomic E-state index is -1.14. The van der Waals surface area contributed by atoms with Gasteiger partial charge in [-0.1, -0.05) is 31.0 Å². The van der Waals surface area contributed by atoms with Crippen molar-refractivity contribution in [1.82, 2.24) is 15.1 Å². The standard InChI is InChI=1S/C20H23N3O3/c1-13-7-2-3-9-15(13)23-16-10-6-8-14(16)17(22-23)18(24)21-20(19(25)26)11-4-5-12-20/h2-3,7,9H,4-6,8,10-12H2,1H3,(H,21,24)(H,25,26). The molecule has 26 heavy (non-hydrogen) atoms. The fraction of sp³-hybridized carbons (Fsp3) is 0.450. The average Bonchev–Trinajstić information content (AvgIpc) is 3.31. The molecule has 0 unspecified atom stereocenters. The number of nitrogens with zero attached hydrogens (tertiary/aromatic N) is 2. The van der Waals surface area contributed by atoms with Crippen molar-refractivity contribution >= 4 is 11.9 Å². The van der Waals surface area contributed by atoms with Crippen LogP contribution in [-0.4, -0.2) is 32.3 Å². The van der Waals surface area contributed by atoms with Crippen molar-refractivity contribution in [2.45, 2.75) is 57.4 Å². The fourth-order valence-corrected chi connectivity index (χ4v) is 4.27. The monoisotopic (exact) mass is 353 g/mol. The van der Waals surface area contributed by atoms with Gasteiger partial charge in [-0.25, -0.2) is 9.48 Å². The van der Waals surface area contributed by atoms with Gasteiger partial charge in [0.1, 0.15) is 5.54 Å². The molecule has 2 aliphatic rings. The second-order valence-corrected chi connectivity index (χ2v) is 7.37. The summed E-state index contributed by atoms with van der Waals surface area (Å²) in [4.78, 5) is 24.7. The topological polar surface area (TPSA) is 84.2 Å². The second-order valence-electron chi connectivity index (χ2n) is 7.37. The summed E-state index contributed by atoms with van der Waals surface area (Å²) in [5, 5.41) is 17.0. The van der Waals surface area contributed by atoms with E-state index in [4.69, 9.17) is 0 Å². The van der Waals surface area contributed by atoms with Crippen LogP contribution in [0.4, 0.5) is 0 Å². The summed E-state index contributed by atoms with van der Waals surface area (Å²) in [6.07, 6.45) is 5.29. The number of hydrogen-bond donors (Lipinski definition) is 2. The highest BCUT2D eigenvalue weighted by molar-refractivity contribution is 5.98. The van der Waals surface area contributed by atoms with Crippen LogP contribution in [0.2, 0.25) is 0 Å². The van der Waals surface area contributed by atoms with Gasteiger partial charge in [0.25, 0.3) is 5.91 Å². The Morgan fingerprint density at radius 1 is 1.15 bits per heavy atom. The first-order valence-electron chi connectivity index (χ1n) is 9.24. The maximum absolute atomic E-state index is 12.9. The molecule has 6 heteroatoms. The molecule has 2 N–H and O–H groups in total. The van der Waals surface area contributed by atoms with Gasteiger partial charge in [0.05, 0.1) is 5.69 Å². The van der Waals surface area contributed by atoms with Crippen LogP contribution in [0.25, 0.3) is 5.69 Å². The van der Waals surface area contributed by atoms with E-state index in [1.165, 1.54) is 0 Å². The molecule has 0 saturated heterocycles. The predicted octanol–water partition coefficient (Wildman–Crippen LogP) is 2.80. The van der Waals surface area contributed by atoms with Crippen molar-refractivity contribution < 1.29 is 14.7 Å². The number of aryl methyl sites for hydroxylation is 1. The molecule has 1 aromatic carbocycles. The number of hydrogen-bond acceptors (Lipinski definition) is 3. The lowest BCUT2D eigenvalue weighted by Gasteiger charge is -2.24. The number of carbonyl (C=O) groups is 2. The van der Waals surface area contributed by atoms with E-state index in [1.807, 2.05) is 35.9 Å². The Hall–Kier alpha value is -2.63. The third-order valence-corrected chi connectivity index (χ3v) is 5.71. The molecule has 0 bridgehead atoms. The summed E-state index contributed by atoms with van der Waals surface area (Å²) in [5.74, 6) is -1.31. The van der Waals surface area contributed by atoms with E-state index in [0.717, 1.165) is 54.6 Å². The first-order valence-corrected chi connectivity index (χ1v) is 9.24. The summed E-state index contributed by atoms with van der Waals surface area (Å²) in [5.41, 5.74) is 3.33. The number of aliphatic carboxylic acids is 1. The molecule has 1 aromatic heterocycles. The largest absolute Gasteiger partial charge is 0.480 e. The highest BCUT2D eigenvalue weighted by atomic mass is 16.4. The number of carbonyl (C=O) groups excluding carboxylic acids is 1. The highest BCUT2D eigenvalue weighted by Crippen LogP contribution is 2.32. The zero-order valence-electron chi connectivity index (χ0n) is 14.9. The molecule has 0 radical (unpaired) electrons. The molecule has 0 spiro atoms. The quantitative estimate of drug-likeness (QED) is 0.885. The van der Waals surface area contributed by atoms with Crippen LogP contribution in [0.5, 0.6) is 0 Å². The van der Waals surface area contributed by atoms with Gasteiger partial charge in [-0.3, -0.25) is 4.79 Å². The predicted molar refractivity (Wildman–Crippen MR) is 96.6 cm³/mol. The Morgan fingerprint density at radius 2 is 1.88 bits per heavy atom. The van der Waals surface area contributed by atoms with Crippen LogP contribution in [0.15, 0.2) is 24.3 Å². The Balaban J connectivity index is 1.72. The number of aromatic nitrogens is 2. The van der Waals surface area contributed by atoms with E-state index >= 15 is 0 Å². The van der Waals surface area contributed by atoms with Gasteiger partial charge in [0.15, 0.2) is 5.69 Å². The molecule has 2 aromatic rings. The Bertz CT molecular complexity index is 878. The van der Waals surface area contributed by atoms with E-state index in [1.54, 1.807) is 0 Å². The normalized spacial score (nSPS) is 17.9. The van der Waals surface area contributed by atoms with Gasteiger partial charge >= 0.3 is 5.97 Å². The van der Waals surface area contributed by atoms with Gasteiger partial charge in [0.2, 0.25) is 0 Å². The van der Waals surface area contributed by atoms with E-state index in [0.29, 0.717) is 18.5 Å². The summed E-state index contributed by atoms with van der Waals surface area (Å²) >= 11 is 0. The Labute approximate surface area is 152 Å². The maximum Gasteiger partial charge on any atom is 0.329 e. The molecule has 1 fully saturated rings. The smallest absolute Gasteiger partial charge is 0.329 e. The molecule has 1 heterocycles. The molecular weight excluding hydrogens is 330 g/mol. The number of fused-ring (bicyclic) bond motifs is 1. The number of nitrogens with one attached hydrogen (secondary N) is 1. The summed E-state index contributed by atoms with van der Waals surface area (Å²) in [6.45, 7) is 2.02. The van der Waals surface area contributed by atoms with Crippen LogP contribution < -0.4 is 5.32 Å². The van der Waals surface area contributed by atoms with Crippen LogP contribution in [0, 0.1) is 6.92 Å². The molecule has 0 atom stereocenters. The lowest BCUT2D eigenvalue weighted by atomic mass is 9.97. The molecular formula is C20H23N3O3. The number of benzene rings is 1. The first-order chi connectivity index (χ1) is 12.5. The Kier molecular flexibility index (Phi) is 4.05. The molecule has 6 nitrogen and oxygen atoms in total. The van der Waals surface area contributed by atoms with E-state index in [-0.39, 0.29) is 5.91 Å². The van der Waals surface area contributed by atoms with Crippen molar-refractivity contribution in [3.05, 3.63) is 46.8 Å². The van der Waals surface area contributed by atoms with E-state index < -0.39 is 11.5 Å². The minimum absolute atomic E-state index is 0.361. The SMILES string of the molecule is Cc1ccccc1-n1nc(C(=O)NC2(C(=O)O)CCCC2)c2c1CCC2. The number of para-hydroxylation sites is 1. The molecule has 2 aliphatic carbocycles. The minimum Gasteiger partial charge on any atom is -0.480 e. The molecule has 1 saturated carbocycles. The molecule has 4 rings (SSSR count). The fourth-order valence-electron chi connectivity index (χ4n) is 4.27. The zero-order chi connectivity index (χ0) is 18.3. The van der Waals surface area contributed by atoms with Crippen molar-refractivity contribution in [3.8, 4) is 5.69 Å². The van der Waals surface area contributed by atoms with Crippen LogP contribution in [-0.2, 0) is 17.6 Å². The number of carboxylic acid groups (broad SMARTS) is 1. The van der Waals surface area contributed by atoms with Crippen LogP contribution in [0.3, 0.4) is 0 Å². The molecule has 1 amide bonds. The van der Waals surface area contributed by atoms with Crippen LogP contribution >= 0.6 is 0 Å². The maximum atomic E-state index is 12.9. The lowest BCUT2D eigenvalue weighted by Crippen LogP contribution is -2.52. The van der Waals surface area contributed by atoms with Crippen molar-refractivity contribution in [3.63, 3.8) is 0 Å². The number of rotatable bonds is 4. The van der Waals surface area contributed by atoms with E-state index in [2.05, 4.69) is 10.4 Å². The lowest BCUT2D eigenvalue weighted by molar-refractivity contribution is -0.144. The summed E-state index contributed by atoms with van der Waals surface area (Å²) in [6, 6.07) is 7.96. The highest BCUT2D eigenvalue weighted by Gasteiger charge is 2.43. The molecule has 136 valence electrons. The van der Waals surface area contributed by atoms with Crippen molar-refractivity contribution in [1.29, 1.82) is 0 Å². The third kappa shape index (κ3) is 2.60. The van der Waals surface area contributed by atoms with Gasteiger partial charge in [-0.05, 0) is 50.7 Å². The zero-order valence-corrected chi connectivity index (χ0v) is 14.9. The van der Waals surface area contributed by atoms with E-state index in [9.17, 15) is 14.7 Å². The van der Waals surface area contributed by atoms with Crippen molar-refractivity contribution in [2.75, 3.05) is 0 Å². The van der Waals surface area contributed by atoms with Crippen LogP contribution in [0.1, 0.15) is 59.4 Å². The third-order valence-electron chi connectivity index (χ3n) is 5.71. The van der Waals surface area contributed by atoms with Gasteiger partial charge in [0, 0.05) is 11.3 Å². The average molecular weight is 353 g/mol.